The maximum atomic E-state index is 12.4. The number of aromatic nitrogens is 3. The van der Waals surface area contributed by atoms with Gasteiger partial charge < -0.3 is 24.0 Å². The molecule has 146 valence electrons. The average molecular weight is 383 g/mol. The van der Waals surface area contributed by atoms with Gasteiger partial charge >= 0.3 is 6.03 Å². The lowest BCUT2D eigenvalue weighted by Crippen LogP contribution is -2.43. The van der Waals surface area contributed by atoms with E-state index in [2.05, 4.69) is 20.6 Å². The van der Waals surface area contributed by atoms with Crippen molar-refractivity contribution in [1.29, 1.82) is 0 Å². The van der Waals surface area contributed by atoms with Gasteiger partial charge in [-0.2, -0.15) is 4.98 Å². The molecule has 0 unspecified atom stereocenters. The summed E-state index contributed by atoms with van der Waals surface area (Å²) in [5.74, 6) is 2.25. The lowest BCUT2D eigenvalue weighted by Gasteiger charge is -2.30. The van der Waals surface area contributed by atoms with Crippen LogP contribution in [0.2, 0.25) is 0 Å². The number of amides is 2. The molecule has 9 heteroatoms. The third kappa shape index (κ3) is 3.83. The molecule has 1 aliphatic heterocycles. The first-order valence-corrected chi connectivity index (χ1v) is 9.12. The van der Waals surface area contributed by atoms with E-state index in [4.69, 9.17) is 13.8 Å². The first-order valence-electron chi connectivity index (χ1n) is 9.12. The second kappa shape index (κ2) is 8.12. The molecular formula is C19H21N5O4. The van der Waals surface area contributed by atoms with Crippen molar-refractivity contribution in [2.75, 3.05) is 20.2 Å². The molecule has 0 spiro atoms. The zero-order valence-corrected chi connectivity index (χ0v) is 15.5. The molecule has 1 aliphatic rings. The van der Waals surface area contributed by atoms with Crippen LogP contribution in [0, 0.1) is 0 Å². The van der Waals surface area contributed by atoms with E-state index in [0.29, 0.717) is 30.4 Å². The maximum Gasteiger partial charge on any atom is 0.317 e. The van der Waals surface area contributed by atoms with Crippen molar-refractivity contribution in [2.45, 2.75) is 25.3 Å². The molecular weight excluding hydrogens is 362 g/mol. The SMILES string of the molecule is COc1ccccc1-c1cc(CNC(=O)N2CCC(c3ncon3)CC2)on1. The van der Waals surface area contributed by atoms with Crippen LogP contribution in [0.3, 0.4) is 0 Å². The number of nitrogens with one attached hydrogen (secondary N) is 1. The lowest BCUT2D eigenvalue weighted by atomic mass is 9.96. The first-order chi connectivity index (χ1) is 13.7. The van der Waals surface area contributed by atoms with Gasteiger partial charge in [-0.15, -0.1) is 0 Å². The second-order valence-corrected chi connectivity index (χ2v) is 6.59. The number of piperidine rings is 1. The molecule has 4 rings (SSSR count). The Morgan fingerprint density at radius 2 is 2.11 bits per heavy atom. The fraction of sp³-hybridized carbons (Fsp3) is 0.368. The Hall–Kier alpha value is -3.36. The van der Waals surface area contributed by atoms with E-state index in [1.165, 1.54) is 6.39 Å². The summed E-state index contributed by atoms with van der Waals surface area (Å²) in [5.41, 5.74) is 1.51. The van der Waals surface area contributed by atoms with Crippen LogP contribution in [0.4, 0.5) is 4.79 Å². The number of benzene rings is 1. The van der Waals surface area contributed by atoms with Crippen LogP contribution < -0.4 is 10.1 Å². The molecule has 0 saturated carbocycles. The highest BCUT2D eigenvalue weighted by atomic mass is 16.5. The number of hydrogen-bond donors (Lipinski definition) is 1. The Balaban J connectivity index is 1.30. The molecule has 2 aromatic heterocycles. The topological polar surface area (TPSA) is 107 Å². The van der Waals surface area contributed by atoms with E-state index in [-0.39, 0.29) is 18.5 Å². The first kappa shape index (κ1) is 18.0. The highest BCUT2D eigenvalue weighted by Gasteiger charge is 2.26. The van der Waals surface area contributed by atoms with Crippen LogP contribution in [0.5, 0.6) is 5.75 Å². The molecule has 1 saturated heterocycles. The van der Waals surface area contributed by atoms with Crippen LogP contribution in [-0.4, -0.2) is 46.4 Å². The number of methoxy groups -OCH3 is 1. The number of urea groups is 1. The molecule has 3 aromatic rings. The van der Waals surface area contributed by atoms with Gasteiger partial charge in [0.15, 0.2) is 11.6 Å². The van der Waals surface area contributed by atoms with Crippen molar-refractivity contribution in [3.63, 3.8) is 0 Å². The van der Waals surface area contributed by atoms with Gasteiger partial charge in [0.25, 0.3) is 0 Å². The number of hydrogen-bond acceptors (Lipinski definition) is 7. The Bertz CT molecular complexity index is 916. The third-order valence-electron chi connectivity index (χ3n) is 4.88. The van der Waals surface area contributed by atoms with E-state index in [0.717, 1.165) is 24.2 Å². The van der Waals surface area contributed by atoms with Gasteiger partial charge in [-0.1, -0.05) is 22.4 Å². The van der Waals surface area contributed by atoms with Gasteiger partial charge in [0, 0.05) is 30.6 Å². The molecule has 3 heterocycles. The summed E-state index contributed by atoms with van der Waals surface area (Å²) in [7, 11) is 1.61. The fourth-order valence-corrected chi connectivity index (χ4v) is 3.35. The normalized spacial score (nSPS) is 14.8. The summed E-state index contributed by atoms with van der Waals surface area (Å²) in [6.07, 6.45) is 2.96. The maximum absolute atomic E-state index is 12.4. The van der Waals surface area contributed by atoms with Crippen LogP contribution in [-0.2, 0) is 6.54 Å². The zero-order valence-electron chi connectivity index (χ0n) is 15.5. The van der Waals surface area contributed by atoms with Crippen molar-refractivity contribution < 1.29 is 18.6 Å². The molecule has 28 heavy (non-hydrogen) atoms. The number of nitrogens with zero attached hydrogens (tertiary/aromatic N) is 4. The van der Waals surface area contributed by atoms with E-state index in [9.17, 15) is 4.79 Å². The number of carbonyl (C=O) groups excluding carboxylic acids is 1. The van der Waals surface area contributed by atoms with Crippen LogP contribution in [0.1, 0.15) is 30.3 Å². The number of likely N-dealkylation sites (tertiary alicyclic amines) is 1. The van der Waals surface area contributed by atoms with Gasteiger partial charge in [0.1, 0.15) is 11.4 Å². The van der Waals surface area contributed by atoms with Crippen molar-refractivity contribution in [3.8, 4) is 17.0 Å². The average Bonchev–Trinajstić information content (AvgIpc) is 3.44. The number of ether oxygens (including phenoxy) is 1. The Kier molecular flexibility index (Phi) is 5.22. The summed E-state index contributed by atoms with van der Waals surface area (Å²) in [6.45, 7) is 1.56. The van der Waals surface area contributed by atoms with Gasteiger partial charge in [-0.25, -0.2) is 4.79 Å². The predicted molar refractivity (Wildman–Crippen MR) is 98.6 cm³/mol. The molecule has 1 N–H and O–H groups in total. The van der Waals surface area contributed by atoms with E-state index < -0.39 is 0 Å². The van der Waals surface area contributed by atoms with Crippen LogP contribution in [0.15, 0.2) is 45.8 Å². The van der Waals surface area contributed by atoms with Crippen molar-refractivity contribution in [2.24, 2.45) is 0 Å². The van der Waals surface area contributed by atoms with Crippen molar-refractivity contribution in [3.05, 3.63) is 48.3 Å². The van der Waals surface area contributed by atoms with Gasteiger partial charge in [-0.05, 0) is 25.0 Å². The summed E-state index contributed by atoms with van der Waals surface area (Å²) < 4.78 is 15.5. The van der Waals surface area contributed by atoms with Crippen molar-refractivity contribution in [1.82, 2.24) is 25.5 Å². The number of para-hydroxylation sites is 1. The van der Waals surface area contributed by atoms with Crippen molar-refractivity contribution >= 4 is 6.03 Å². The zero-order chi connectivity index (χ0) is 19.3. The summed E-state index contributed by atoms with van der Waals surface area (Å²) in [5, 5.41) is 10.9. The lowest BCUT2D eigenvalue weighted by molar-refractivity contribution is 0.178. The van der Waals surface area contributed by atoms with E-state index >= 15 is 0 Å². The third-order valence-corrected chi connectivity index (χ3v) is 4.88. The minimum atomic E-state index is -0.123. The van der Waals surface area contributed by atoms with Gasteiger partial charge in [-0.3, -0.25) is 0 Å². The number of carbonyl (C=O) groups is 1. The second-order valence-electron chi connectivity index (χ2n) is 6.59. The number of rotatable bonds is 5. The monoisotopic (exact) mass is 383 g/mol. The molecule has 1 fully saturated rings. The molecule has 0 aliphatic carbocycles. The summed E-state index contributed by atoms with van der Waals surface area (Å²) in [4.78, 5) is 18.3. The Morgan fingerprint density at radius 1 is 1.29 bits per heavy atom. The van der Waals surface area contributed by atoms with Crippen LogP contribution >= 0.6 is 0 Å². The largest absolute Gasteiger partial charge is 0.496 e. The quantitative estimate of drug-likeness (QED) is 0.722. The molecule has 1 aromatic carbocycles. The minimum Gasteiger partial charge on any atom is -0.496 e. The summed E-state index contributed by atoms with van der Waals surface area (Å²) in [6, 6.07) is 9.26. The van der Waals surface area contributed by atoms with E-state index in [1.807, 2.05) is 24.3 Å². The van der Waals surface area contributed by atoms with Crippen LogP contribution in [0.25, 0.3) is 11.3 Å². The fourth-order valence-electron chi connectivity index (χ4n) is 3.35. The highest BCUT2D eigenvalue weighted by Crippen LogP contribution is 2.29. The minimum absolute atomic E-state index is 0.123. The smallest absolute Gasteiger partial charge is 0.317 e. The molecule has 0 atom stereocenters. The molecule has 9 nitrogen and oxygen atoms in total. The standard InChI is InChI=1S/C19H21N5O4/c1-26-17-5-3-2-4-15(17)16-10-14(28-22-16)11-20-19(25)24-8-6-13(7-9-24)18-21-12-27-23-18/h2-5,10,12-13H,6-9,11H2,1H3,(H,20,25). The molecule has 0 bridgehead atoms. The highest BCUT2D eigenvalue weighted by molar-refractivity contribution is 5.74. The molecule has 0 radical (unpaired) electrons. The van der Waals surface area contributed by atoms with E-state index in [1.54, 1.807) is 18.1 Å². The predicted octanol–water partition coefficient (Wildman–Crippen LogP) is 2.82. The van der Waals surface area contributed by atoms with Gasteiger partial charge in [0.2, 0.25) is 6.39 Å². The molecule has 2 amide bonds. The Morgan fingerprint density at radius 3 is 2.86 bits per heavy atom. The Labute approximate surface area is 161 Å². The van der Waals surface area contributed by atoms with Gasteiger partial charge in [0.05, 0.1) is 13.7 Å². The summed E-state index contributed by atoms with van der Waals surface area (Å²) >= 11 is 0.